The quantitative estimate of drug-likeness (QED) is 0.839. The topological polar surface area (TPSA) is 61.4 Å². The van der Waals surface area contributed by atoms with Gasteiger partial charge in [0.1, 0.15) is 6.04 Å². The highest BCUT2D eigenvalue weighted by Crippen LogP contribution is 2.26. The molecule has 2 heterocycles. The van der Waals surface area contributed by atoms with E-state index in [2.05, 4.69) is 10.6 Å². The summed E-state index contributed by atoms with van der Waals surface area (Å²) in [5, 5.41) is 7.14. The van der Waals surface area contributed by atoms with Gasteiger partial charge in [0.15, 0.2) is 0 Å². The van der Waals surface area contributed by atoms with Crippen LogP contribution in [0.4, 0.5) is 0 Å². The number of nitrogens with one attached hydrogen (secondary N) is 2. The van der Waals surface area contributed by atoms with Crippen LogP contribution in [-0.2, 0) is 4.79 Å². The zero-order valence-electron chi connectivity index (χ0n) is 14.1. The smallest absolute Gasteiger partial charge is 0.254 e. The fraction of sp³-hybridized carbons (Fsp3) is 0.556. The van der Waals surface area contributed by atoms with E-state index in [1.807, 2.05) is 0 Å². The van der Waals surface area contributed by atoms with E-state index in [0.29, 0.717) is 41.0 Å². The number of carbonyl (C=O) groups excluding carboxylic acids is 2. The second kappa shape index (κ2) is 8.39. The van der Waals surface area contributed by atoms with Crippen molar-refractivity contribution >= 4 is 35.0 Å². The molecule has 7 heteroatoms. The summed E-state index contributed by atoms with van der Waals surface area (Å²) in [6.45, 7) is 3.25. The van der Waals surface area contributed by atoms with Gasteiger partial charge in [0.25, 0.3) is 5.91 Å². The molecule has 2 aliphatic heterocycles. The molecule has 136 valence electrons. The van der Waals surface area contributed by atoms with Crippen LogP contribution in [0.3, 0.4) is 0 Å². The molecule has 1 aromatic carbocycles. The number of amides is 2. The lowest BCUT2D eigenvalue weighted by molar-refractivity contribution is -0.125. The van der Waals surface area contributed by atoms with Gasteiger partial charge >= 0.3 is 0 Å². The zero-order valence-corrected chi connectivity index (χ0v) is 15.6. The first-order valence-electron chi connectivity index (χ1n) is 8.80. The molecule has 3 rings (SSSR count). The molecule has 2 aliphatic rings. The monoisotopic (exact) mass is 383 g/mol. The van der Waals surface area contributed by atoms with Gasteiger partial charge in [-0.1, -0.05) is 23.2 Å². The van der Waals surface area contributed by atoms with Crippen molar-refractivity contribution in [1.82, 2.24) is 15.5 Å². The fourth-order valence-electron chi connectivity index (χ4n) is 3.54. The third-order valence-corrected chi connectivity index (χ3v) is 5.69. The molecule has 0 bridgehead atoms. The summed E-state index contributed by atoms with van der Waals surface area (Å²) in [6.07, 6.45) is 3.80. The van der Waals surface area contributed by atoms with Crippen molar-refractivity contribution in [1.29, 1.82) is 0 Å². The normalized spacial score (nSPS) is 23.5. The molecule has 2 saturated heterocycles. The first kappa shape index (κ1) is 18.5. The predicted octanol–water partition coefficient (Wildman–Crippen LogP) is 2.71. The minimum Gasteiger partial charge on any atom is -0.354 e. The van der Waals surface area contributed by atoms with Gasteiger partial charge in [-0.2, -0.15) is 0 Å². The van der Waals surface area contributed by atoms with Gasteiger partial charge in [-0.15, -0.1) is 0 Å². The van der Waals surface area contributed by atoms with Gasteiger partial charge < -0.3 is 15.5 Å². The molecule has 0 saturated carbocycles. The first-order chi connectivity index (χ1) is 12.1. The molecule has 2 fully saturated rings. The van der Waals surface area contributed by atoms with Crippen LogP contribution in [0.25, 0.3) is 0 Å². The lowest BCUT2D eigenvalue weighted by Crippen LogP contribution is -2.48. The largest absolute Gasteiger partial charge is 0.354 e. The molecular weight excluding hydrogens is 361 g/mol. The summed E-state index contributed by atoms with van der Waals surface area (Å²) in [4.78, 5) is 27.0. The molecule has 2 amide bonds. The van der Waals surface area contributed by atoms with Crippen LogP contribution in [0.5, 0.6) is 0 Å². The predicted molar refractivity (Wildman–Crippen MR) is 99.1 cm³/mol. The standard InChI is InChI=1S/C18H23Cl2N3O2/c19-14-6-5-13(9-15(14)20)18(25)23-8-2-4-16(23)17(24)22-11-12-3-1-7-21-10-12/h5-6,9,12,16,21H,1-4,7-8,10-11H2,(H,22,24). The van der Waals surface area contributed by atoms with E-state index in [0.717, 1.165) is 32.4 Å². The Hall–Kier alpha value is -1.30. The van der Waals surface area contributed by atoms with E-state index in [1.54, 1.807) is 23.1 Å². The molecule has 1 aromatic rings. The molecule has 2 N–H and O–H groups in total. The van der Waals surface area contributed by atoms with E-state index in [9.17, 15) is 9.59 Å². The van der Waals surface area contributed by atoms with Gasteiger partial charge in [-0.3, -0.25) is 9.59 Å². The van der Waals surface area contributed by atoms with Crippen LogP contribution in [0.2, 0.25) is 10.0 Å². The number of hydrogen-bond acceptors (Lipinski definition) is 3. The number of piperidine rings is 1. The maximum absolute atomic E-state index is 12.8. The lowest BCUT2D eigenvalue weighted by Gasteiger charge is -2.27. The van der Waals surface area contributed by atoms with Crippen LogP contribution in [0.15, 0.2) is 18.2 Å². The summed E-state index contributed by atoms with van der Waals surface area (Å²) in [5.41, 5.74) is 0.464. The average Bonchev–Trinajstić information content (AvgIpc) is 3.12. The Kier molecular flexibility index (Phi) is 6.20. The van der Waals surface area contributed by atoms with Crippen molar-refractivity contribution < 1.29 is 9.59 Å². The number of rotatable bonds is 4. The van der Waals surface area contributed by atoms with Gasteiger partial charge in [0, 0.05) is 18.7 Å². The Labute approximate surface area is 158 Å². The van der Waals surface area contributed by atoms with E-state index in [-0.39, 0.29) is 11.8 Å². The van der Waals surface area contributed by atoms with E-state index in [4.69, 9.17) is 23.2 Å². The fourth-order valence-corrected chi connectivity index (χ4v) is 3.84. The zero-order chi connectivity index (χ0) is 17.8. The van der Waals surface area contributed by atoms with Crippen molar-refractivity contribution in [2.75, 3.05) is 26.2 Å². The van der Waals surface area contributed by atoms with Gasteiger partial charge in [0.05, 0.1) is 10.0 Å². The Morgan fingerprint density at radius 1 is 1.20 bits per heavy atom. The van der Waals surface area contributed by atoms with Crippen LogP contribution >= 0.6 is 23.2 Å². The maximum atomic E-state index is 12.8. The lowest BCUT2D eigenvalue weighted by atomic mass is 9.99. The minimum absolute atomic E-state index is 0.0588. The van der Waals surface area contributed by atoms with Gasteiger partial charge in [0.2, 0.25) is 5.91 Å². The van der Waals surface area contributed by atoms with Crippen LogP contribution in [0, 0.1) is 5.92 Å². The summed E-state index contributed by atoms with van der Waals surface area (Å²) < 4.78 is 0. The Bertz CT molecular complexity index is 647. The number of hydrogen-bond donors (Lipinski definition) is 2. The highest BCUT2D eigenvalue weighted by Gasteiger charge is 2.34. The Morgan fingerprint density at radius 3 is 2.76 bits per heavy atom. The summed E-state index contributed by atoms with van der Waals surface area (Å²) in [5.74, 6) is 0.241. The molecule has 5 nitrogen and oxygen atoms in total. The third kappa shape index (κ3) is 4.46. The van der Waals surface area contributed by atoms with Crippen LogP contribution in [0.1, 0.15) is 36.0 Å². The highest BCUT2D eigenvalue weighted by atomic mass is 35.5. The number of halogens is 2. The average molecular weight is 384 g/mol. The van der Waals surface area contributed by atoms with Crippen molar-refractivity contribution in [2.24, 2.45) is 5.92 Å². The molecule has 0 aliphatic carbocycles. The molecule has 2 unspecified atom stereocenters. The molecule has 0 aromatic heterocycles. The number of carbonyl (C=O) groups is 2. The number of likely N-dealkylation sites (tertiary alicyclic amines) is 1. The van der Waals surface area contributed by atoms with E-state index in [1.165, 1.54) is 0 Å². The number of benzene rings is 1. The van der Waals surface area contributed by atoms with Crippen molar-refractivity contribution in [3.05, 3.63) is 33.8 Å². The molecular formula is C18H23Cl2N3O2. The van der Waals surface area contributed by atoms with Gasteiger partial charge in [-0.25, -0.2) is 0 Å². The highest BCUT2D eigenvalue weighted by molar-refractivity contribution is 6.42. The molecule has 0 spiro atoms. The number of nitrogens with zero attached hydrogens (tertiary/aromatic N) is 1. The second-order valence-corrected chi connectivity index (χ2v) is 7.56. The van der Waals surface area contributed by atoms with Gasteiger partial charge in [-0.05, 0) is 62.9 Å². The SMILES string of the molecule is O=C(NCC1CCCNC1)C1CCCN1C(=O)c1ccc(Cl)c(Cl)c1. The second-order valence-electron chi connectivity index (χ2n) is 6.74. The molecule has 25 heavy (non-hydrogen) atoms. The molecule has 2 atom stereocenters. The first-order valence-corrected chi connectivity index (χ1v) is 9.56. The maximum Gasteiger partial charge on any atom is 0.254 e. The minimum atomic E-state index is -0.404. The van der Waals surface area contributed by atoms with Crippen molar-refractivity contribution in [2.45, 2.75) is 31.7 Å². The van der Waals surface area contributed by atoms with Crippen LogP contribution in [-0.4, -0.2) is 48.9 Å². The van der Waals surface area contributed by atoms with Crippen LogP contribution < -0.4 is 10.6 Å². The summed E-state index contributed by atoms with van der Waals surface area (Å²) >= 11 is 11.9. The van der Waals surface area contributed by atoms with E-state index < -0.39 is 6.04 Å². The Balaban J connectivity index is 1.61. The third-order valence-electron chi connectivity index (χ3n) is 4.95. The van der Waals surface area contributed by atoms with Crippen molar-refractivity contribution in [3.63, 3.8) is 0 Å². The summed E-state index contributed by atoms with van der Waals surface area (Å²) in [7, 11) is 0. The molecule has 0 radical (unpaired) electrons. The van der Waals surface area contributed by atoms with E-state index >= 15 is 0 Å². The Morgan fingerprint density at radius 2 is 2.04 bits per heavy atom. The summed E-state index contributed by atoms with van der Waals surface area (Å²) in [6, 6.07) is 4.42. The van der Waals surface area contributed by atoms with Crippen molar-refractivity contribution in [3.8, 4) is 0 Å².